The molecule has 0 atom stereocenters. The smallest absolute Gasteiger partial charge is 0.410 e. The van der Waals surface area contributed by atoms with Gasteiger partial charge >= 0.3 is 12.1 Å². The lowest BCUT2D eigenvalue weighted by atomic mass is 10.2. The number of hydrogen-bond donors (Lipinski definition) is 2. The first-order valence-corrected chi connectivity index (χ1v) is 9.72. The number of nitro benzene ring substituents is 1. The van der Waals surface area contributed by atoms with Crippen LogP contribution in [0, 0.1) is 10.1 Å². The van der Waals surface area contributed by atoms with Gasteiger partial charge < -0.3 is 9.84 Å². The number of carboxylic acids is 1. The maximum Gasteiger partial charge on any atom is 0.410 e. The average molecular weight is 438 g/mol. The van der Waals surface area contributed by atoms with Gasteiger partial charge in [-0.25, -0.2) is 17.9 Å². The van der Waals surface area contributed by atoms with Crippen molar-refractivity contribution < 1.29 is 32.8 Å². The van der Waals surface area contributed by atoms with Crippen LogP contribution in [0.5, 0.6) is 0 Å². The number of benzene rings is 1. The number of hydrogen-bond acceptors (Lipinski definition) is 7. The molecule has 0 aliphatic carbocycles. The summed E-state index contributed by atoms with van der Waals surface area (Å²) in [6.45, 7) is 3.50. The van der Waals surface area contributed by atoms with E-state index in [1.165, 1.54) is 0 Å². The summed E-state index contributed by atoms with van der Waals surface area (Å²) in [5.41, 5.74) is -1.24. The predicted molar refractivity (Wildman–Crippen MR) is 98.7 cm³/mol. The van der Waals surface area contributed by atoms with Crippen molar-refractivity contribution >= 4 is 39.4 Å². The molecule has 0 saturated heterocycles. The summed E-state index contributed by atoms with van der Waals surface area (Å²) in [6, 6.07) is 2.86. The van der Waals surface area contributed by atoms with E-state index in [0.29, 0.717) is 0 Å². The first-order valence-electron chi connectivity index (χ1n) is 7.86. The molecule has 0 bridgehead atoms. The van der Waals surface area contributed by atoms with Crippen LogP contribution in [-0.4, -0.2) is 60.6 Å². The van der Waals surface area contributed by atoms with Gasteiger partial charge in [0.1, 0.15) is 17.0 Å². The van der Waals surface area contributed by atoms with Crippen LogP contribution in [0.25, 0.3) is 0 Å². The van der Waals surface area contributed by atoms with Crippen molar-refractivity contribution in [3.05, 3.63) is 33.3 Å². The number of carbonyl (C=O) groups is 2. The highest BCUT2D eigenvalue weighted by Gasteiger charge is 2.25. The van der Waals surface area contributed by atoms with Gasteiger partial charge in [-0.05, 0) is 26.8 Å². The van der Waals surface area contributed by atoms with Crippen molar-refractivity contribution in [1.82, 2.24) is 9.62 Å². The SMILES string of the molecule is CC(C)(C)OC(=O)N(CCNS(=O)(=O)c1ccc([N+](=O)[O-])cc1Cl)CC(=O)O. The quantitative estimate of drug-likeness (QED) is 0.460. The second-order valence-electron chi connectivity index (χ2n) is 6.57. The first kappa shape index (κ1) is 23.6. The van der Waals surface area contributed by atoms with Crippen molar-refractivity contribution in [2.75, 3.05) is 19.6 Å². The number of rotatable bonds is 8. The lowest BCUT2D eigenvalue weighted by Gasteiger charge is -2.26. The van der Waals surface area contributed by atoms with E-state index in [0.717, 1.165) is 23.1 Å². The predicted octanol–water partition coefficient (Wildman–Crippen LogP) is 1.85. The lowest BCUT2D eigenvalue weighted by Crippen LogP contribution is -2.43. The summed E-state index contributed by atoms with van der Waals surface area (Å²) >= 11 is 5.81. The lowest BCUT2D eigenvalue weighted by molar-refractivity contribution is -0.384. The van der Waals surface area contributed by atoms with Gasteiger partial charge in [-0.15, -0.1) is 0 Å². The van der Waals surface area contributed by atoms with Crippen LogP contribution in [-0.2, 0) is 19.6 Å². The molecule has 0 aliphatic rings. The number of ether oxygens (including phenoxy) is 1. The van der Waals surface area contributed by atoms with Crippen LogP contribution in [0.1, 0.15) is 20.8 Å². The number of amides is 1. The molecular weight excluding hydrogens is 418 g/mol. The van der Waals surface area contributed by atoms with Crippen LogP contribution in [0.3, 0.4) is 0 Å². The van der Waals surface area contributed by atoms with Gasteiger partial charge in [0.05, 0.1) is 9.95 Å². The fraction of sp³-hybridized carbons (Fsp3) is 0.467. The van der Waals surface area contributed by atoms with Gasteiger partial charge in [0.25, 0.3) is 5.69 Å². The Bertz CT molecular complexity index is 867. The Hall–Kier alpha value is -2.44. The molecule has 0 fully saturated rings. The molecule has 1 aromatic carbocycles. The molecular formula is C15H20ClN3O8S. The molecule has 0 spiro atoms. The van der Waals surface area contributed by atoms with Gasteiger partial charge in [-0.1, -0.05) is 11.6 Å². The summed E-state index contributed by atoms with van der Waals surface area (Å²) in [7, 11) is -4.15. The van der Waals surface area contributed by atoms with Gasteiger partial charge in [-0.3, -0.25) is 19.8 Å². The van der Waals surface area contributed by atoms with Crippen LogP contribution in [0.4, 0.5) is 10.5 Å². The number of nitro groups is 1. The summed E-state index contributed by atoms with van der Waals surface area (Å²) < 4.78 is 31.9. The summed E-state index contributed by atoms with van der Waals surface area (Å²) in [6.07, 6.45) is -0.914. The third kappa shape index (κ3) is 7.29. The van der Waals surface area contributed by atoms with E-state index in [2.05, 4.69) is 4.72 Å². The molecule has 0 radical (unpaired) electrons. The molecule has 0 saturated carbocycles. The molecule has 11 nitrogen and oxygen atoms in total. The van der Waals surface area contributed by atoms with E-state index in [1.54, 1.807) is 20.8 Å². The normalized spacial score (nSPS) is 11.7. The highest BCUT2D eigenvalue weighted by molar-refractivity contribution is 7.89. The topological polar surface area (TPSA) is 156 Å². The van der Waals surface area contributed by atoms with E-state index in [-0.39, 0.29) is 28.7 Å². The minimum absolute atomic E-state index is 0.287. The average Bonchev–Trinajstić information content (AvgIpc) is 2.51. The molecule has 2 N–H and O–H groups in total. The molecule has 1 rings (SSSR count). The number of aliphatic carboxylic acids is 1. The Morgan fingerprint density at radius 2 is 1.96 bits per heavy atom. The Morgan fingerprint density at radius 3 is 2.43 bits per heavy atom. The molecule has 1 aromatic rings. The van der Waals surface area contributed by atoms with Gasteiger partial charge in [0.2, 0.25) is 10.0 Å². The molecule has 28 heavy (non-hydrogen) atoms. The van der Waals surface area contributed by atoms with Crippen molar-refractivity contribution in [1.29, 1.82) is 0 Å². The second-order valence-corrected chi connectivity index (χ2v) is 8.71. The minimum atomic E-state index is -4.15. The molecule has 0 aliphatic heterocycles. The molecule has 13 heteroatoms. The zero-order valence-corrected chi connectivity index (χ0v) is 16.9. The highest BCUT2D eigenvalue weighted by atomic mass is 35.5. The Kier molecular flexibility index (Phi) is 7.73. The fourth-order valence-electron chi connectivity index (χ4n) is 1.94. The van der Waals surface area contributed by atoms with E-state index in [1.807, 2.05) is 0 Å². The van der Waals surface area contributed by atoms with Crippen molar-refractivity contribution in [2.45, 2.75) is 31.3 Å². The summed E-state index contributed by atoms with van der Waals surface area (Å²) in [5, 5.41) is 19.3. The third-order valence-corrected chi connectivity index (χ3v) is 5.01. The second kappa shape index (κ2) is 9.17. The number of nitrogens with zero attached hydrogens (tertiary/aromatic N) is 2. The standard InChI is InChI=1S/C15H20ClN3O8S/c1-15(2,3)27-14(22)18(9-13(20)21)7-6-17-28(25,26)12-5-4-10(19(23)24)8-11(12)16/h4-5,8,17H,6-7,9H2,1-3H3,(H,20,21). The van der Waals surface area contributed by atoms with Crippen LogP contribution >= 0.6 is 11.6 Å². The number of carbonyl (C=O) groups excluding carboxylic acids is 1. The molecule has 0 heterocycles. The van der Waals surface area contributed by atoms with Crippen molar-refractivity contribution in [3.8, 4) is 0 Å². The minimum Gasteiger partial charge on any atom is -0.480 e. The maximum atomic E-state index is 12.3. The molecule has 0 aromatic heterocycles. The Morgan fingerprint density at radius 1 is 1.36 bits per heavy atom. The largest absolute Gasteiger partial charge is 0.480 e. The number of nitrogens with one attached hydrogen (secondary N) is 1. The Labute approximate surface area is 166 Å². The maximum absolute atomic E-state index is 12.3. The van der Waals surface area contributed by atoms with Crippen LogP contribution in [0.2, 0.25) is 5.02 Å². The number of halogens is 1. The van der Waals surface area contributed by atoms with Gasteiger partial charge in [-0.2, -0.15) is 0 Å². The highest BCUT2D eigenvalue weighted by Crippen LogP contribution is 2.25. The monoisotopic (exact) mass is 437 g/mol. The number of non-ortho nitro benzene ring substituents is 1. The van der Waals surface area contributed by atoms with Crippen LogP contribution < -0.4 is 4.72 Å². The summed E-state index contributed by atoms with van der Waals surface area (Å²) in [5.74, 6) is -1.30. The van der Waals surface area contributed by atoms with Crippen molar-refractivity contribution in [2.24, 2.45) is 0 Å². The van der Waals surface area contributed by atoms with Gasteiger partial charge in [0, 0.05) is 25.2 Å². The molecule has 156 valence electrons. The molecule has 1 amide bonds. The Balaban J connectivity index is 2.85. The first-order chi connectivity index (χ1) is 12.7. The van der Waals surface area contributed by atoms with E-state index >= 15 is 0 Å². The van der Waals surface area contributed by atoms with E-state index in [4.69, 9.17) is 21.4 Å². The fourth-order valence-corrected chi connectivity index (χ4v) is 3.50. The van der Waals surface area contributed by atoms with Crippen LogP contribution in [0.15, 0.2) is 23.1 Å². The molecule has 0 unspecified atom stereocenters. The zero-order chi connectivity index (χ0) is 21.7. The number of carboxylic acid groups (broad SMARTS) is 1. The van der Waals surface area contributed by atoms with E-state index < -0.39 is 39.2 Å². The van der Waals surface area contributed by atoms with Crippen molar-refractivity contribution in [3.63, 3.8) is 0 Å². The number of sulfonamides is 1. The summed E-state index contributed by atoms with van der Waals surface area (Å²) in [4.78, 5) is 33.4. The van der Waals surface area contributed by atoms with E-state index in [9.17, 15) is 28.1 Å². The van der Waals surface area contributed by atoms with Gasteiger partial charge in [0.15, 0.2) is 0 Å². The zero-order valence-electron chi connectivity index (χ0n) is 15.3. The third-order valence-electron chi connectivity index (χ3n) is 3.07.